The van der Waals surface area contributed by atoms with E-state index in [1.165, 1.54) is 47.7 Å². The number of nitrogens with zero attached hydrogens (tertiary/aromatic N) is 1. The second-order valence-electron chi connectivity index (χ2n) is 5.95. The highest BCUT2D eigenvalue weighted by atomic mass is 32.2. The van der Waals surface area contributed by atoms with Crippen LogP contribution in [0.2, 0.25) is 0 Å². The fraction of sp³-hybridized carbons (Fsp3) is 0.316. The van der Waals surface area contributed by atoms with Gasteiger partial charge >= 0.3 is 5.97 Å². The summed E-state index contributed by atoms with van der Waals surface area (Å²) in [6, 6.07) is 14.9. The average Bonchev–Trinajstić information content (AvgIpc) is 2.95. The first-order valence-corrected chi connectivity index (χ1v) is 9.14. The van der Waals surface area contributed by atoms with Crippen molar-refractivity contribution in [3.63, 3.8) is 0 Å². The van der Waals surface area contributed by atoms with E-state index in [0.29, 0.717) is 11.6 Å². The summed E-state index contributed by atoms with van der Waals surface area (Å²) in [4.78, 5) is 11.9. The van der Waals surface area contributed by atoms with Crippen molar-refractivity contribution in [3.05, 3.63) is 48.0 Å². The first-order chi connectivity index (χ1) is 11.3. The van der Waals surface area contributed by atoms with E-state index in [4.69, 9.17) is 4.74 Å². The summed E-state index contributed by atoms with van der Waals surface area (Å²) in [7, 11) is 1.43. The maximum atomic E-state index is 11.9. The Bertz CT molecular complexity index is 878. The molecule has 4 heteroatoms. The van der Waals surface area contributed by atoms with Crippen LogP contribution in [0.3, 0.4) is 0 Å². The normalized spacial score (nSPS) is 16.0. The van der Waals surface area contributed by atoms with Crippen molar-refractivity contribution in [3.8, 4) is 0 Å². The van der Waals surface area contributed by atoms with Crippen molar-refractivity contribution in [2.75, 3.05) is 18.6 Å². The van der Waals surface area contributed by atoms with Gasteiger partial charge in [-0.1, -0.05) is 24.3 Å². The number of esters is 1. The van der Waals surface area contributed by atoms with Crippen molar-refractivity contribution in [2.24, 2.45) is 0 Å². The van der Waals surface area contributed by atoms with Crippen LogP contribution in [0.15, 0.2) is 42.5 Å². The first kappa shape index (κ1) is 14.6. The molecular formula is C19H19NO2S. The third-order valence-corrected chi connectivity index (χ3v) is 5.74. The maximum Gasteiger partial charge on any atom is 0.337 e. The SMILES string of the molecule is COC(=O)c1ccc2c3ccccc3n(C3CCSCC3)c2c1. The van der Waals surface area contributed by atoms with Gasteiger partial charge in [0.1, 0.15) is 0 Å². The Morgan fingerprint density at radius 2 is 1.83 bits per heavy atom. The monoisotopic (exact) mass is 325 g/mol. The molecule has 0 atom stereocenters. The number of carbonyl (C=O) groups excluding carboxylic acids is 1. The van der Waals surface area contributed by atoms with Gasteiger partial charge in [0.15, 0.2) is 0 Å². The summed E-state index contributed by atoms with van der Waals surface area (Å²) in [5.74, 6) is 2.13. The highest BCUT2D eigenvalue weighted by Gasteiger charge is 2.21. The average molecular weight is 325 g/mol. The highest BCUT2D eigenvalue weighted by molar-refractivity contribution is 7.99. The van der Waals surface area contributed by atoms with Crippen LogP contribution < -0.4 is 0 Å². The molecule has 1 fully saturated rings. The van der Waals surface area contributed by atoms with Gasteiger partial charge < -0.3 is 9.30 Å². The van der Waals surface area contributed by atoms with E-state index in [1.54, 1.807) is 0 Å². The minimum Gasteiger partial charge on any atom is -0.465 e. The molecule has 1 aliphatic heterocycles. The van der Waals surface area contributed by atoms with E-state index in [0.717, 1.165) is 5.52 Å². The standard InChI is InChI=1S/C19H19NO2S/c1-22-19(21)13-6-7-16-15-4-2-3-5-17(15)20(18(16)12-13)14-8-10-23-11-9-14/h2-7,12,14H,8-11H2,1H3. The lowest BCUT2D eigenvalue weighted by atomic mass is 10.1. The minimum atomic E-state index is -0.275. The minimum absolute atomic E-state index is 0.275. The second-order valence-corrected chi connectivity index (χ2v) is 7.18. The zero-order chi connectivity index (χ0) is 15.8. The highest BCUT2D eigenvalue weighted by Crippen LogP contribution is 2.37. The Hall–Kier alpha value is -1.94. The van der Waals surface area contributed by atoms with Gasteiger partial charge in [-0.25, -0.2) is 4.79 Å². The quantitative estimate of drug-likeness (QED) is 0.643. The Kier molecular flexibility index (Phi) is 3.77. The number of para-hydroxylation sites is 1. The van der Waals surface area contributed by atoms with Gasteiger partial charge in [-0.2, -0.15) is 11.8 Å². The lowest BCUT2D eigenvalue weighted by molar-refractivity contribution is 0.0601. The van der Waals surface area contributed by atoms with E-state index in [2.05, 4.69) is 34.9 Å². The first-order valence-electron chi connectivity index (χ1n) is 7.98. The van der Waals surface area contributed by atoms with E-state index in [-0.39, 0.29) is 5.97 Å². The molecule has 23 heavy (non-hydrogen) atoms. The number of thioether (sulfide) groups is 1. The van der Waals surface area contributed by atoms with E-state index >= 15 is 0 Å². The molecule has 0 aliphatic carbocycles. The van der Waals surface area contributed by atoms with E-state index in [1.807, 2.05) is 23.9 Å². The van der Waals surface area contributed by atoms with Gasteiger partial charge in [0.2, 0.25) is 0 Å². The number of hydrogen-bond donors (Lipinski definition) is 0. The van der Waals surface area contributed by atoms with Crippen LogP contribution >= 0.6 is 11.8 Å². The van der Waals surface area contributed by atoms with Crippen LogP contribution in [0.4, 0.5) is 0 Å². The molecule has 2 heterocycles. The topological polar surface area (TPSA) is 31.2 Å². The molecule has 0 bridgehead atoms. The van der Waals surface area contributed by atoms with Crippen molar-refractivity contribution in [1.82, 2.24) is 4.57 Å². The van der Waals surface area contributed by atoms with Gasteiger partial charge in [-0.3, -0.25) is 0 Å². The molecule has 3 nitrogen and oxygen atoms in total. The van der Waals surface area contributed by atoms with Crippen LogP contribution in [-0.4, -0.2) is 29.2 Å². The number of benzene rings is 2. The predicted molar refractivity (Wildman–Crippen MR) is 96.4 cm³/mol. The van der Waals surface area contributed by atoms with Gasteiger partial charge in [-0.05, 0) is 42.5 Å². The van der Waals surface area contributed by atoms with Crippen LogP contribution in [-0.2, 0) is 4.74 Å². The number of carbonyl (C=O) groups is 1. The molecule has 0 saturated carbocycles. The molecule has 0 radical (unpaired) electrons. The number of aromatic nitrogens is 1. The zero-order valence-electron chi connectivity index (χ0n) is 13.1. The molecule has 0 unspecified atom stereocenters. The molecule has 4 rings (SSSR count). The largest absolute Gasteiger partial charge is 0.465 e. The Balaban J connectivity index is 2.00. The van der Waals surface area contributed by atoms with Gasteiger partial charge in [-0.15, -0.1) is 0 Å². The smallest absolute Gasteiger partial charge is 0.337 e. The number of hydrogen-bond acceptors (Lipinski definition) is 3. The van der Waals surface area contributed by atoms with Crippen LogP contribution in [0.1, 0.15) is 29.2 Å². The number of rotatable bonds is 2. The van der Waals surface area contributed by atoms with Crippen molar-refractivity contribution in [1.29, 1.82) is 0 Å². The molecule has 1 aromatic heterocycles. The summed E-state index contributed by atoms with van der Waals surface area (Å²) in [6.07, 6.45) is 2.36. The van der Waals surface area contributed by atoms with Gasteiger partial charge in [0.25, 0.3) is 0 Å². The molecular weight excluding hydrogens is 306 g/mol. The Morgan fingerprint density at radius 1 is 1.09 bits per heavy atom. The van der Waals surface area contributed by atoms with Crippen LogP contribution in [0, 0.1) is 0 Å². The summed E-state index contributed by atoms with van der Waals surface area (Å²) in [5, 5.41) is 2.48. The lowest BCUT2D eigenvalue weighted by Gasteiger charge is -2.25. The molecule has 3 aromatic rings. The molecule has 0 N–H and O–H groups in total. The number of fused-ring (bicyclic) bond motifs is 3. The number of methoxy groups -OCH3 is 1. The van der Waals surface area contributed by atoms with Crippen molar-refractivity contribution < 1.29 is 9.53 Å². The van der Waals surface area contributed by atoms with E-state index in [9.17, 15) is 4.79 Å². The second kappa shape index (κ2) is 5.93. The molecule has 118 valence electrons. The van der Waals surface area contributed by atoms with Crippen molar-refractivity contribution in [2.45, 2.75) is 18.9 Å². The van der Waals surface area contributed by atoms with E-state index < -0.39 is 0 Å². The van der Waals surface area contributed by atoms with Crippen LogP contribution in [0.25, 0.3) is 21.8 Å². The zero-order valence-corrected chi connectivity index (χ0v) is 13.9. The third-order valence-electron chi connectivity index (χ3n) is 4.69. The third kappa shape index (κ3) is 2.41. The summed E-state index contributed by atoms with van der Waals surface area (Å²) >= 11 is 2.03. The van der Waals surface area contributed by atoms with Gasteiger partial charge in [0.05, 0.1) is 18.2 Å². The number of ether oxygens (including phenoxy) is 1. The van der Waals surface area contributed by atoms with Crippen molar-refractivity contribution >= 4 is 39.5 Å². The van der Waals surface area contributed by atoms with Crippen LogP contribution in [0.5, 0.6) is 0 Å². The summed E-state index contributed by atoms with van der Waals surface area (Å²) in [6.45, 7) is 0. The molecule has 1 aliphatic rings. The molecule has 1 saturated heterocycles. The fourth-order valence-electron chi connectivity index (χ4n) is 3.58. The van der Waals surface area contributed by atoms with Gasteiger partial charge in [0, 0.05) is 22.3 Å². The molecule has 0 spiro atoms. The fourth-order valence-corrected chi connectivity index (χ4v) is 4.66. The maximum absolute atomic E-state index is 11.9. The molecule has 2 aromatic carbocycles. The summed E-state index contributed by atoms with van der Waals surface area (Å²) in [5.41, 5.74) is 3.03. The molecule has 0 amide bonds. The Morgan fingerprint density at radius 3 is 2.61 bits per heavy atom. The lowest BCUT2D eigenvalue weighted by Crippen LogP contribution is -2.15. The predicted octanol–water partition coefficient (Wildman–Crippen LogP) is 4.65. The Labute approximate surface area is 139 Å². The summed E-state index contributed by atoms with van der Waals surface area (Å²) < 4.78 is 7.33.